The number of piperidine rings is 1. The standard InChI is InChI=1S/C12H25NO4S/c1-10(2)17-9-12(14)7-11-5-4-6-13(8-11)18(3,15)16/h10-12,14H,4-9H2,1-3H3. The molecule has 0 saturated carbocycles. The van der Waals surface area contributed by atoms with Crippen LogP contribution in [0.1, 0.15) is 33.1 Å². The van der Waals surface area contributed by atoms with Crippen molar-refractivity contribution in [3.63, 3.8) is 0 Å². The zero-order chi connectivity index (χ0) is 13.8. The molecular formula is C12H25NO4S. The van der Waals surface area contributed by atoms with E-state index in [0.29, 0.717) is 26.1 Å². The normalized spacial score (nSPS) is 24.4. The molecule has 0 amide bonds. The Hall–Kier alpha value is -0.170. The fourth-order valence-corrected chi connectivity index (χ4v) is 3.22. The number of hydrogen-bond donors (Lipinski definition) is 1. The summed E-state index contributed by atoms with van der Waals surface area (Å²) < 4.78 is 29.8. The molecule has 5 nitrogen and oxygen atoms in total. The summed E-state index contributed by atoms with van der Waals surface area (Å²) in [6.07, 6.45) is 3.31. The smallest absolute Gasteiger partial charge is 0.211 e. The monoisotopic (exact) mass is 279 g/mol. The lowest BCUT2D eigenvalue weighted by Crippen LogP contribution is -2.40. The molecule has 1 aliphatic rings. The average molecular weight is 279 g/mol. The highest BCUT2D eigenvalue weighted by Gasteiger charge is 2.27. The molecule has 1 fully saturated rings. The van der Waals surface area contributed by atoms with E-state index in [0.717, 1.165) is 12.8 Å². The molecule has 0 aromatic heterocycles. The summed E-state index contributed by atoms with van der Waals surface area (Å²) in [6.45, 7) is 5.32. The lowest BCUT2D eigenvalue weighted by molar-refractivity contribution is -0.00662. The highest BCUT2D eigenvalue weighted by Crippen LogP contribution is 2.22. The minimum atomic E-state index is -3.10. The van der Waals surface area contributed by atoms with Gasteiger partial charge in [0.15, 0.2) is 0 Å². The fraction of sp³-hybridized carbons (Fsp3) is 1.00. The predicted molar refractivity (Wildman–Crippen MR) is 70.9 cm³/mol. The molecule has 0 bridgehead atoms. The Labute approximate surface area is 110 Å². The number of ether oxygens (including phenoxy) is 1. The van der Waals surface area contributed by atoms with Crippen LogP contribution in [-0.4, -0.2) is 56.0 Å². The summed E-state index contributed by atoms with van der Waals surface area (Å²) in [5.41, 5.74) is 0. The predicted octanol–water partition coefficient (Wildman–Crippen LogP) is 0.834. The van der Waals surface area contributed by atoms with E-state index in [1.54, 1.807) is 0 Å². The molecule has 1 saturated heterocycles. The first kappa shape index (κ1) is 15.9. The van der Waals surface area contributed by atoms with Crippen molar-refractivity contribution in [1.82, 2.24) is 4.31 Å². The minimum Gasteiger partial charge on any atom is -0.391 e. The maximum atomic E-state index is 11.5. The molecule has 1 rings (SSSR count). The van der Waals surface area contributed by atoms with Crippen LogP contribution in [0.5, 0.6) is 0 Å². The Morgan fingerprint density at radius 1 is 1.44 bits per heavy atom. The number of sulfonamides is 1. The van der Waals surface area contributed by atoms with Crippen LogP contribution in [0.15, 0.2) is 0 Å². The molecule has 2 atom stereocenters. The van der Waals surface area contributed by atoms with Gasteiger partial charge in [-0.25, -0.2) is 12.7 Å². The molecule has 0 spiro atoms. The van der Waals surface area contributed by atoms with Gasteiger partial charge in [-0.3, -0.25) is 0 Å². The van der Waals surface area contributed by atoms with Crippen LogP contribution in [0.2, 0.25) is 0 Å². The van der Waals surface area contributed by atoms with E-state index in [1.165, 1.54) is 10.6 Å². The van der Waals surface area contributed by atoms with Crippen molar-refractivity contribution in [2.24, 2.45) is 5.92 Å². The molecule has 18 heavy (non-hydrogen) atoms. The Morgan fingerprint density at radius 3 is 2.67 bits per heavy atom. The molecule has 1 heterocycles. The number of aliphatic hydroxyl groups excluding tert-OH is 1. The van der Waals surface area contributed by atoms with Crippen molar-refractivity contribution in [1.29, 1.82) is 0 Å². The minimum absolute atomic E-state index is 0.110. The van der Waals surface area contributed by atoms with Gasteiger partial charge in [-0.05, 0) is 39.0 Å². The third-order valence-electron chi connectivity index (χ3n) is 3.18. The first-order valence-electron chi connectivity index (χ1n) is 6.54. The van der Waals surface area contributed by atoms with Crippen LogP contribution in [0.25, 0.3) is 0 Å². The summed E-state index contributed by atoms with van der Waals surface area (Å²) >= 11 is 0. The number of hydrogen-bond acceptors (Lipinski definition) is 4. The van der Waals surface area contributed by atoms with Crippen LogP contribution in [0.3, 0.4) is 0 Å². The van der Waals surface area contributed by atoms with Gasteiger partial charge in [0.25, 0.3) is 0 Å². The molecule has 108 valence electrons. The van der Waals surface area contributed by atoms with E-state index in [2.05, 4.69) is 0 Å². The summed E-state index contributed by atoms with van der Waals surface area (Å²) in [6, 6.07) is 0. The Kier molecular flexibility index (Phi) is 6.04. The second-order valence-electron chi connectivity index (χ2n) is 5.40. The Morgan fingerprint density at radius 2 is 2.11 bits per heavy atom. The third-order valence-corrected chi connectivity index (χ3v) is 4.45. The van der Waals surface area contributed by atoms with Crippen molar-refractivity contribution in [2.75, 3.05) is 26.0 Å². The second kappa shape index (κ2) is 6.84. The van der Waals surface area contributed by atoms with Crippen molar-refractivity contribution in [2.45, 2.75) is 45.3 Å². The van der Waals surface area contributed by atoms with Crippen molar-refractivity contribution in [3.05, 3.63) is 0 Å². The molecule has 0 radical (unpaired) electrons. The molecule has 0 aromatic rings. The van der Waals surface area contributed by atoms with E-state index in [1.807, 2.05) is 13.8 Å². The first-order valence-corrected chi connectivity index (χ1v) is 8.38. The van der Waals surface area contributed by atoms with E-state index in [4.69, 9.17) is 4.74 Å². The van der Waals surface area contributed by atoms with Gasteiger partial charge in [0.2, 0.25) is 10.0 Å². The molecule has 2 unspecified atom stereocenters. The van der Waals surface area contributed by atoms with Crippen molar-refractivity contribution >= 4 is 10.0 Å². The van der Waals surface area contributed by atoms with Gasteiger partial charge >= 0.3 is 0 Å². The third kappa shape index (κ3) is 5.65. The zero-order valence-corrected chi connectivity index (χ0v) is 12.3. The van der Waals surface area contributed by atoms with Gasteiger partial charge < -0.3 is 9.84 Å². The van der Waals surface area contributed by atoms with Crippen molar-refractivity contribution in [3.8, 4) is 0 Å². The van der Waals surface area contributed by atoms with E-state index in [-0.39, 0.29) is 12.0 Å². The van der Waals surface area contributed by atoms with Gasteiger partial charge in [-0.2, -0.15) is 0 Å². The van der Waals surface area contributed by atoms with E-state index < -0.39 is 16.1 Å². The molecule has 0 aliphatic carbocycles. The lowest BCUT2D eigenvalue weighted by Gasteiger charge is -2.32. The van der Waals surface area contributed by atoms with Gasteiger partial charge in [-0.1, -0.05) is 0 Å². The Bertz CT molecular complexity index is 342. The van der Waals surface area contributed by atoms with Crippen LogP contribution >= 0.6 is 0 Å². The van der Waals surface area contributed by atoms with Gasteiger partial charge in [0.05, 0.1) is 25.1 Å². The van der Waals surface area contributed by atoms with Gasteiger partial charge in [0.1, 0.15) is 0 Å². The lowest BCUT2D eigenvalue weighted by atomic mass is 9.94. The largest absolute Gasteiger partial charge is 0.391 e. The van der Waals surface area contributed by atoms with Crippen molar-refractivity contribution < 1.29 is 18.3 Å². The zero-order valence-electron chi connectivity index (χ0n) is 11.5. The number of aliphatic hydroxyl groups is 1. The maximum Gasteiger partial charge on any atom is 0.211 e. The topological polar surface area (TPSA) is 66.8 Å². The summed E-state index contributed by atoms with van der Waals surface area (Å²) in [7, 11) is -3.10. The number of rotatable bonds is 6. The van der Waals surface area contributed by atoms with Gasteiger partial charge in [0, 0.05) is 13.1 Å². The molecular weight excluding hydrogens is 254 g/mol. The van der Waals surface area contributed by atoms with E-state index >= 15 is 0 Å². The Balaban J connectivity index is 2.38. The van der Waals surface area contributed by atoms with Gasteiger partial charge in [-0.15, -0.1) is 0 Å². The van der Waals surface area contributed by atoms with Crippen LogP contribution in [0, 0.1) is 5.92 Å². The molecule has 0 aromatic carbocycles. The highest BCUT2D eigenvalue weighted by molar-refractivity contribution is 7.88. The number of nitrogens with zero attached hydrogens (tertiary/aromatic N) is 1. The molecule has 6 heteroatoms. The molecule has 1 aliphatic heterocycles. The summed E-state index contributed by atoms with van der Waals surface area (Å²) in [5, 5.41) is 9.85. The fourth-order valence-electron chi connectivity index (χ4n) is 2.28. The SMILES string of the molecule is CC(C)OCC(O)CC1CCCN(S(C)(=O)=O)C1. The average Bonchev–Trinajstić information content (AvgIpc) is 2.25. The quantitative estimate of drug-likeness (QED) is 0.782. The van der Waals surface area contributed by atoms with Crippen LogP contribution in [-0.2, 0) is 14.8 Å². The second-order valence-corrected chi connectivity index (χ2v) is 7.38. The highest BCUT2D eigenvalue weighted by atomic mass is 32.2. The maximum absolute atomic E-state index is 11.5. The van der Waals surface area contributed by atoms with Crippen LogP contribution < -0.4 is 0 Å². The summed E-state index contributed by atoms with van der Waals surface area (Å²) in [4.78, 5) is 0. The molecule has 1 N–H and O–H groups in total. The summed E-state index contributed by atoms with van der Waals surface area (Å²) in [5.74, 6) is 0.235. The van der Waals surface area contributed by atoms with Crippen LogP contribution in [0.4, 0.5) is 0 Å². The van der Waals surface area contributed by atoms with E-state index in [9.17, 15) is 13.5 Å². The first-order chi connectivity index (χ1) is 8.29.